The van der Waals surface area contributed by atoms with Gasteiger partial charge in [0.15, 0.2) is 5.69 Å². The lowest BCUT2D eigenvalue weighted by atomic mass is 10.3. The summed E-state index contributed by atoms with van der Waals surface area (Å²) in [5, 5.41) is 3.01. The highest BCUT2D eigenvalue weighted by molar-refractivity contribution is 5.95. The summed E-state index contributed by atoms with van der Waals surface area (Å²) >= 11 is 0. The number of aromatic nitrogens is 2. The summed E-state index contributed by atoms with van der Waals surface area (Å²) in [6.45, 7) is 0.599. The van der Waals surface area contributed by atoms with Gasteiger partial charge in [-0.05, 0) is 19.2 Å². The summed E-state index contributed by atoms with van der Waals surface area (Å²) in [4.78, 5) is 15.8. The molecule has 0 unspecified atom stereocenters. The minimum Gasteiger partial charge on any atom is -0.464 e. The van der Waals surface area contributed by atoms with Gasteiger partial charge in [0.1, 0.15) is 5.82 Å². The molecule has 0 radical (unpaired) electrons. The Kier molecular flexibility index (Phi) is 2.87. The number of pyridine rings is 1. The van der Waals surface area contributed by atoms with Crippen molar-refractivity contribution in [2.24, 2.45) is 0 Å². The van der Waals surface area contributed by atoms with Crippen molar-refractivity contribution in [3.8, 4) is 0 Å². The second kappa shape index (κ2) is 4.32. The van der Waals surface area contributed by atoms with Gasteiger partial charge >= 0.3 is 5.97 Å². The van der Waals surface area contributed by atoms with Crippen molar-refractivity contribution in [1.29, 1.82) is 0 Å². The summed E-state index contributed by atoms with van der Waals surface area (Å²) in [6, 6.07) is 5.61. The van der Waals surface area contributed by atoms with Crippen molar-refractivity contribution in [1.82, 2.24) is 14.7 Å². The number of hydrogen-bond donors (Lipinski definition) is 1. The third-order valence-corrected chi connectivity index (χ3v) is 2.34. The maximum atomic E-state index is 11.5. The first-order valence-electron chi connectivity index (χ1n) is 4.96. The van der Waals surface area contributed by atoms with Crippen LogP contribution in [0.1, 0.15) is 16.3 Å². The van der Waals surface area contributed by atoms with Gasteiger partial charge in [-0.3, -0.25) is 0 Å². The van der Waals surface area contributed by atoms with Crippen molar-refractivity contribution >= 4 is 11.5 Å². The fourth-order valence-corrected chi connectivity index (χ4v) is 1.63. The topological polar surface area (TPSA) is 55.6 Å². The van der Waals surface area contributed by atoms with Crippen LogP contribution in [0, 0.1) is 0 Å². The van der Waals surface area contributed by atoms with E-state index in [-0.39, 0.29) is 0 Å². The van der Waals surface area contributed by atoms with Gasteiger partial charge in [0.25, 0.3) is 0 Å². The molecule has 16 heavy (non-hydrogen) atoms. The van der Waals surface area contributed by atoms with Crippen LogP contribution < -0.4 is 5.32 Å². The van der Waals surface area contributed by atoms with E-state index in [9.17, 15) is 4.79 Å². The van der Waals surface area contributed by atoms with Crippen LogP contribution in [0.25, 0.3) is 5.52 Å². The van der Waals surface area contributed by atoms with E-state index in [0.717, 1.165) is 11.3 Å². The lowest BCUT2D eigenvalue weighted by molar-refractivity contribution is 0.0597. The molecule has 84 valence electrons. The number of carbonyl (C=O) groups is 1. The molecule has 0 bridgehead atoms. The van der Waals surface area contributed by atoms with Crippen LogP contribution >= 0.6 is 0 Å². The average Bonchev–Trinajstić information content (AvgIpc) is 2.68. The largest absolute Gasteiger partial charge is 0.464 e. The summed E-state index contributed by atoms with van der Waals surface area (Å²) < 4.78 is 6.58. The van der Waals surface area contributed by atoms with Crippen LogP contribution in [0.4, 0.5) is 0 Å². The highest BCUT2D eigenvalue weighted by Crippen LogP contribution is 2.13. The Morgan fingerprint density at radius 1 is 1.56 bits per heavy atom. The minimum atomic E-state index is -0.411. The molecule has 0 saturated heterocycles. The zero-order valence-corrected chi connectivity index (χ0v) is 9.23. The van der Waals surface area contributed by atoms with Gasteiger partial charge in [-0.25, -0.2) is 9.78 Å². The first-order chi connectivity index (χ1) is 7.77. The number of ether oxygens (including phenoxy) is 1. The summed E-state index contributed by atoms with van der Waals surface area (Å²) in [6.07, 6.45) is 1.88. The number of methoxy groups -OCH3 is 1. The average molecular weight is 219 g/mol. The first-order valence-corrected chi connectivity index (χ1v) is 4.96. The molecule has 1 N–H and O–H groups in total. The molecular formula is C11H13N3O2. The van der Waals surface area contributed by atoms with E-state index in [0.29, 0.717) is 12.2 Å². The van der Waals surface area contributed by atoms with E-state index in [1.54, 1.807) is 0 Å². The number of fused-ring (bicyclic) bond motifs is 1. The van der Waals surface area contributed by atoms with Gasteiger partial charge < -0.3 is 14.5 Å². The minimum absolute atomic E-state index is 0.355. The molecule has 5 nitrogen and oxygen atoms in total. The Morgan fingerprint density at radius 3 is 3.06 bits per heavy atom. The third-order valence-electron chi connectivity index (χ3n) is 2.34. The third kappa shape index (κ3) is 1.65. The summed E-state index contributed by atoms with van der Waals surface area (Å²) in [7, 11) is 3.19. The van der Waals surface area contributed by atoms with Crippen LogP contribution in [-0.2, 0) is 11.3 Å². The number of nitrogens with one attached hydrogen (secondary N) is 1. The molecule has 0 atom stereocenters. The Labute approximate surface area is 93.1 Å². The van der Waals surface area contributed by atoms with Crippen LogP contribution in [-0.4, -0.2) is 29.5 Å². The smallest absolute Gasteiger partial charge is 0.358 e. The van der Waals surface area contributed by atoms with Crippen LogP contribution in [0.3, 0.4) is 0 Å². The van der Waals surface area contributed by atoms with Crippen molar-refractivity contribution in [2.75, 3.05) is 14.2 Å². The molecule has 0 amide bonds. The molecular weight excluding hydrogens is 206 g/mol. The maximum Gasteiger partial charge on any atom is 0.358 e. The number of carbonyl (C=O) groups excluding carboxylic acids is 1. The fourth-order valence-electron chi connectivity index (χ4n) is 1.63. The summed E-state index contributed by atoms with van der Waals surface area (Å²) in [5.74, 6) is 0.379. The van der Waals surface area contributed by atoms with Crippen LogP contribution in [0.5, 0.6) is 0 Å². The second-order valence-corrected chi connectivity index (χ2v) is 3.35. The quantitative estimate of drug-likeness (QED) is 0.777. The van der Waals surface area contributed by atoms with Crippen LogP contribution in [0.15, 0.2) is 24.4 Å². The van der Waals surface area contributed by atoms with Gasteiger partial charge in [-0.15, -0.1) is 0 Å². The molecule has 2 rings (SSSR count). The number of hydrogen-bond acceptors (Lipinski definition) is 4. The number of nitrogens with zero attached hydrogens (tertiary/aromatic N) is 2. The highest BCUT2D eigenvalue weighted by Gasteiger charge is 2.16. The van der Waals surface area contributed by atoms with E-state index in [4.69, 9.17) is 4.74 Å². The predicted molar refractivity (Wildman–Crippen MR) is 59.3 cm³/mol. The highest BCUT2D eigenvalue weighted by atomic mass is 16.5. The molecule has 0 saturated carbocycles. The Balaban J connectivity index is 2.61. The standard InChI is InChI=1S/C11H13N3O2/c1-12-7-9-13-10(11(15)16-2)8-5-3-4-6-14(8)9/h3-6,12H,7H2,1-2H3. The van der Waals surface area contributed by atoms with Gasteiger partial charge in [0.2, 0.25) is 0 Å². The first kappa shape index (κ1) is 10.6. The van der Waals surface area contributed by atoms with Gasteiger partial charge in [0.05, 0.1) is 19.2 Å². The molecule has 2 aromatic rings. The Morgan fingerprint density at radius 2 is 2.38 bits per heavy atom. The van der Waals surface area contributed by atoms with Crippen molar-refractivity contribution in [3.63, 3.8) is 0 Å². The fraction of sp³-hybridized carbons (Fsp3) is 0.273. The van der Waals surface area contributed by atoms with Crippen molar-refractivity contribution < 1.29 is 9.53 Å². The molecule has 5 heteroatoms. The normalized spacial score (nSPS) is 10.6. The Bertz CT molecular complexity index is 519. The molecule has 0 fully saturated rings. The van der Waals surface area contributed by atoms with Crippen LogP contribution in [0.2, 0.25) is 0 Å². The maximum absolute atomic E-state index is 11.5. The zero-order valence-electron chi connectivity index (χ0n) is 9.23. The van der Waals surface area contributed by atoms with Gasteiger partial charge in [-0.1, -0.05) is 6.07 Å². The molecule has 2 heterocycles. The predicted octanol–water partition coefficient (Wildman–Crippen LogP) is 0.840. The summed E-state index contributed by atoms with van der Waals surface area (Å²) in [5.41, 5.74) is 1.12. The molecule has 0 aliphatic rings. The Hall–Kier alpha value is -1.88. The van der Waals surface area contributed by atoms with E-state index in [2.05, 4.69) is 10.3 Å². The van der Waals surface area contributed by atoms with Gasteiger partial charge in [0, 0.05) is 6.20 Å². The van der Waals surface area contributed by atoms with E-state index in [1.807, 2.05) is 35.8 Å². The van der Waals surface area contributed by atoms with E-state index in [1.165, 1.54) is 7.11 Å². The molecule has 0 spiro atoms. The van der Waals surface area contributed by atoms with E-state index >= 15 is 0 Å². The lowest BCUT2D eigenvalue weighted by Crippen LogP contribution is -2.09. The van der Waals surface area contributed by atoms with Gasteiger partial charge in [-0.2, -0.15) is 0 Å². The molecule has 0 aromatic carbocycles. The molecule has 0 aliphatic carbocycles. The lowest BCUT2D eigenvalue weighted by Gasteiger charge is -1.98. The number of esters is 1. The second-order valence-electron chi connectivity index (χ2n) is 3.35. The zero-order chi connectivity index (χ0) is 11.5. The van der Waals surface area contributed by atoms with E-state index < -0.39 is 5.97 Å². The molecule has 2 aromatic heterocycles. The molecule has 0 aliphatic heterocycles. The SMILES string of the molecule is CNCc1nc(C(=O)OC)c2ccccn12. The monoisotopic (exact) mass is 219 g/mol. The number of rotatable bonds is 3. The number of imidazole rings is 1. The van der Waals surface area contributed by atoms with Crippen molar-refractivity contribution in [2.45, 2.75) is 6.54 Å². The van der Waals surface area contributed by atoms with Crippen molar-refractivity contribution in [3.05, 3.63) is 35.9 Å².